The predicted molar refractivity (Wildman–Crippen MR) is 74.8 cm³/mol. The van der Waals surface area contributed by atoms with E-state index in [1.165, 1.54) is 0 Å². The smallest absolute Gasteiger partial charge is 0.106 e. The van der Waals surface area contributed by atoms with Crippen molar-refractivity contribution in [2.75, 3.05) is 0 Å². The Morgan fingerprint density at radius 2 is 1.79 bits per heavy atom. The molecule has 0 saturated heterocycles. The Bertz CT molecular complexity index is 725. The minimum absolute atomic E-state index is 0.667. The molecule has 1 atom stereocenters. The van der Waals surface area contributed by atoms with Crippen molar-refractivity contribution in [2.24, 2.45) is 0 Å². The summed E-state index contributed by atoms with van der Waals surface area (Å²) in [4.78, 5) is 8.53. The van der Waals surface area contributed by atoms with E-state index >= 15 is 0 Å². The molecule has 3 aromatic rings. The van der Waals surface area contributed by atoms with Gasteiger partial charge in [-0.1, -0.05) is 24.3 Å². The summed E-state index contributed by atoms with van der Waals surface area (Å²) in [6.45, 7) is 1.90. The van der Waals surface area contributed by atoms with Crippen molar-refractivity contribution in [3.05, 3.63) is 71.7 Å². The quantitative estimate of drug-likeness (QED) is 0.760. The maximum atomic E-state index is 10.5. The highest BCUT2D eigenvalue weighted by molar-refractivity contribution is 5.79. The highest BCUT2D eigenvalue weighted by Gasteiger charge is 2.13. The monoisotopic (exact) mass is 250 g/mol. The van der Waals surface area contributed by atoms with Gasteiger partial charge in [0.1, 0.15) is 6.10 Å². The maximum Gasteiger partial charge on any atom is 0.106 e. The van der Waals surface area contributed by atoms with E-state index in [1.54, 1.807) is 12.4 Å². The lowest BCUT2D eigenvalue weighted by molar-refractivity contribution is 0.219. The van der Waals surface area contributed by atoms with Gasteiger partial charge in [-0.2, -0.15) is 0 Å². The van der Waals surface area contributed by atoms with Crippen molar-refractivity contribution in [3.8, 4) is 0 Å². The van der Waals surface area contributed by atoms with Gasteiger partial charge < -0.3 is 5.11 Å². The Morgan fingerprint density at radius 3 is 2.63 bits per heavy atom. The number of aliphatic hydroxyl groups excluding tert-OH is 1. The van der Waals surface area contributed by atoms with E-state index in [4.69, 9.17) is 0 Å². The van der Waals surface area contributed by atoms with Crippen molar-refractivity contribution in [1.29, 1.82) is 0 Å². The lowest BCUT2D eigenvalue weighted by Gasteiger charge is -2.13. The predicted octanol–water partition coefficient (Wildman–Crippen LogP) is 3.02. The van der Waals surface area contributed by atoms with Crippen LogP contribution < -0.4 is 0 Å². The molecular weight excluding hydrogens is 236 g/mol. The second-order valence-corrected chi connectivity index (χ2v) is 4.54. The van der Waals surface area contributed by atoms with Gasteiger partial charge in [-0.05, 0) is 30.7 Å². The zero-order valence-electron chi connectivity index (χ0n) is 10.6. The van der Waals surface area contributed by atoms with Crippen LogP contribution in [0.5, 0.6) is 0 Å². The molecule has 1 N–H and O–H groups in total. The summed E-state index contributed by atoms with van der Waals surface area (Å²) in [7, 11) is 0. The average molecular weight is 250 g/mol. The Balaban J connectivity index is 2.07. The molecule has 0 aliphatic rings. The molecule has 1 aromatic carbocycles. The van der Waals surface area contributed by atoms with E-state index < -0.39 is 6.10 Å². The zero-order valence-corrected chi connectivity index (χ0v) is 10.6. The minimum atomic E-state index is -0.667. The Kier molecular flexibility index (Phi) is 2.97. The van der Waals surface area contributed by atoms with Crippen LogP contribution in [-0.2, 0) is 0 Å². The summed E-state index contributed by atoms with van der Waals surface area (Å²) in [5.74, 6) is 0. The average Bonchev–Trinajstić information content (AvgIpc) is 2.46. The molecule has 0 radical (unpaired) electrons. The molecule has 0 amide bonds. The topological polar surface area (TPSA) is 46.0 Å². The minimum Gasteiger partial charge on any atom is -0.384 e. The number of aromatic nitrogens is 2. The van der Waals surface area contributed by atoms with Gasteiger partial charge in [-0.15, -0.1) is 0 Å². The number of pyridine rings is 2. The van der Waals surface area contributed by atoms with Crippen LogP contribution in [0.2, 0.25) is 0 Å². The third kappa shape index (κ3) is 2.20. The van der Waals surface area contributed by atoms with E-state index in [2.05, 4.69) is 9.97 Å². The van der Waals surface area contributed by atoms with Crippen LogP contribution in [0.25, 0.3) is 10.9 Å². The SMILES string of the molecule is Cc1ncccc1C(O)c1ccc2cccnc2c1. The van der Waals surface area contributed by atoms with Crippen molar-refractivity contribution in [2.45, 2.75) is 13.0 Å². The molecule has 0 bridgehead atoms. The third-order valence-corrected chi connectivity index (χ3v) is 3.29. The summed E-state index contributed by atoms with van der Waals surface area (Å²) in [6.07, 6.45) is 2.82. The molecule has 0 fully saturated rings. The van der Waals surface area contributed by atoms with Gasteiger partial charge in [-0.25, -0.2) is 0 Å². The van der Waals surface area contributed by atoms with E-state index in [0.29, 0.717) is 0 Å². The van der Waals surface area contributed by atoms with Crippen molar-refractivity contribution in [1.82, 2.24) is 9.97 Å². The molecule has 0 spiro atoms. The molecule has 0 aliphatic carbocycles. The van der Waals surface area contributed by atoms with Crippen molar-refractivity contribution in [3.63, 3.8) is 0 Å². The van der Waals surface area contributed by atoms with Gasteiger partial charge in [0.05, 0.1) is 5.52 Å². The van der Waals surface area contributed by atoms with E-state index in [9.17, 15) is 5.11 Å². The van der Waals surface area contributed by atoms with Crippen molar-refractivity contribution >= 4 is 10.9 Å². The highest BCUT2D eigenvalue weighted by Crippen LogP contribution is 2.25. The molecule has 0 saturated carbocycles. The zero-order chi connectivity index (χ0) is 13.2. The van der Waals surface area contributed by atoms with E-state index in [-0.39, 0.29) is 0 Å². The molecule has 2 heterocycles. The first-order valence-electron chi connectivity index (χ1n) is 6.20. The Morgan fingerprint density at radius 1 is 1.00 bits per heavy atom. The lowest BCUT2D eigenvalue weighted by atomic mass is 9.99. The normalized spacial score (nSPS) is 12.5. The van der Waals surface area contributed by atoms with E-state index in [0.717, 1.165) is 27.7 Å². The second kappa shape index (κ2) is 4.78. The number of rotatable bonds is 2. The first kappa shape index (κ1) is 11.8. The van der Waals surface area contributed by atoms with Gasteiger partial charge >= 0.3 is 0 Å². The molecule has 1 unspecified atom stereocenters. The van der Waals surface area contributed by atoms with Gasteiger partial charge in [0, 0.05) is 29.0 Å². The summed E-state index contributed by atoms with van der Waals surface area (Å²) < 4.78 is 0. The standard InChI is InChI=1S/C16H14N2O/c1-11-14(5-3-8-17-11)16(19)13-7-6-12-4-2-9-18-15(12)10-13/h2-10,16,19H,1H3. The van der Waals surface area contributed by atoms with Gasteiger partial charge in [0.25, 0.3) is 0 Å². The number of aryl methyl sites for hydroxylation is 1. The summed E-state index contributed by atoms with van der Waals surface area (Å²) in [5.41, 5.74) is 3.40. The molecule has 2 aromatic heterocycles. The fraction of sp³-hybridized carbons (Fsp3) is 0.125. The summed E-state index contributed by atoms with van der Waals surface area (Å²) in [5, 5.41) is 11.5. The fourth-order valence-corrected chi connectivity index (χ4v) is 2.22. The molecule has 94 valence electrons. The van der Waals surface area contributed by atoms with Gasteiger partial charge in [-0.3, -0.25) is 9.97 Å². The van der Waals surface area contributed by atoms with Gasteiger partial charge in [0.2, 0.25) is 0 Å². The molecule has 3 nitrogen and oxygen atoms in total. The Hall–Kier alpha value is -2.26. The molecular formula is C16H14N2O. The molecule has 3 rings (SSSR count). The number of aliphatic hydroxyl groups is 1. The van der Waals surface area contributed by atoms with Crippen LogP contribution in [0.4, 0.5) is 0 Å². The largest absolute Gasteiger partial charge is 0.384 e. The van der Waals surface area contributed by atoms with E-state index in [1.807, 2.05) is 49.4 Å². The van der Waals surface area contributed by atoms with Crippen LogP contribution >= 0.6 is 0 Å². The first-order chi connectivity index (χ1) is 9.25. The van der Waals surface area contributed by atoms with Gasteiger partial charge in [0.15, 0.2) is 0 Å². The number of hydrogen-bond acceptors (Lipinski definition) is 3. The molecule has 3 heteroatoms. The summed E-state index contributed by atoms with van der Waals surface area (Å²) >= 11 is 0. The number of fused-ring (bicyclic) bond motifs is 1. The molecule has 0 aliphatic heterocycles. The maximum absolute atomic E-state index is 10.5. The third-order valence-electron chi connectivity index (χ3n) is 3.29. The number of nitrogens with zero attached hydrogens (tertiary/aromatic N) is 2. The lowest BCUT2D eigenvalue weighted by Crippen LogP contribution is -2.03. The number of hydrogen-bond donors (Lipinski definition) is 1. The Labute approximate surface area is 111 Å². The highest BCUT2D eigenvalue weighted by atomic mass is 16.3. The van der Waals surface area contributed by atoms with Crippen LogP contribution in [0, 0.1) is 6.92 Å². The van der Waals surface area contributed by atoms with Crippen LogP contribution in [0.1, 0.15) is 22.9 Å². The van der Waals surface area contributed by atoms with Crippen LogP contribution in [0.15, 0.2) is 54.9 Å². The second-order valence-electron chi connectivity index (χ2n) is 4.54. The summed E-state index contributed by atoms with van der Waals surface area (Å²) in [6, 6.07) is 13.5. The fourth-order valence-electron chi connectivity index (χ4n) is 2.22. The van der Waals surface area contributed by atoms with Crippen LogP contribution in [-0.4, -0.2) is 15.1 Å². The van der Waals surface area contributed by atoms with Crippen LogP contribution in [0.3, 0.4) is 0 Å². The van der Waals surface area contributed by atoms with Crippen molar-refractivity contribution < 1.29 is 5.11 Å². The number of benzene rings is 1. The first-order valence-corrected chi connectivity index (χ1v) is 6.20. The molecule has 19 heavy (non-hydrogen) atoms.